The van der Waals surface area contributed by atoms with Crippen LogP contribution in [0.2, 0.25) is 0 Å². The second-order valence-electron chi connectivity index (χ2n) is 9.55. The zero-order valence-corrected chi connectivity index (χ0v) is 17.5. The highest BCUT2D eigenvalue weighted by Crippen LogP contribution is 2.45. The Labute approximate surface area is 178 Å². The van der Waals surface area contributed by atoms with Crippen LogP contribution < -0.4 is 14.8 Å². The number of hydrogen-bond donors (Lipinski definition) is 1. The number of fused-ring (bicyclic) bond motifs is 7. The second-order valence-corrected chi connectivity index (χ2v) is 9.55. The van der Waals surface area contributed by atoms with Crippen LogP contribution in [0.1, 0.15) is 44.1 Å². The Balaban J connectivity index is 1.17. The zero-order chi connectivity index (χ0) is 20.1. The van der Waals surface area contributed by atoms with E-state index in [0.29, 0.717) is 18.4 Å². The van der Waals surface area contributed by atoms with Crippen LogP contribution in [0.25, 0.3) is 0 Å². The quantitative estimate of drug-likeness (QED) is 0.760. The molecule has 0 saturated carbocycles. The molecule has 5 aliphatic rings. The SMILES string of the molecule is O=C(NCc1ccc2c(c1)OCO2)N1CCCC2=C[C@H]3C[C@@H](CN4CCCC[C@H]34)[C@H]21. The molecule has 160 valence electrons. The van der Waals surface area contributed by atoms with Gasteiger partial charge < -0.3 is 19.7 Å². The van der Waals surface area contributed by atoms with Gasteiger partial charge in [0, 0.05) is 25.7 Å². The number of rotatable bonds is 2. The van der Waals surface area contributed by atoms with Gasteiger partial charge in [0.2, 0.25) is 6.79 Å². The number of piperidine rings is 3. The molecule has 0 radical (unpaired) electrons. The molecule has 1 N–H and O–H groups in total. The van der Waals surface area contributed by atoms with Crippen molar-refractivity contribution < 1.29 is 14.3 Å². The normalized spacial score (nSPS) is 32.1. The molecule has 0 unspecified atom stereocenters. The number of carbonyl (C=O) groups excluding carboxylic acids is 1. The monoisotopic (exact) mass is 409 g/mol. The van der Waals surface area contributed by atoms with Gasteiger partial charge in [0.25, 0.3) is 0 Å². The van der Waals surface area contributed by atoms with E-state index >= 15 is 0 Å². The lowest BCUT2D eigenvalue weighted by molar-refractivity contribution is 0.00788. The van der Waals surface area contributed by atoms with Crippen LogP contribution in [0.4, 0.5) is 4.79 Å². The fraction of sp³-hybridized carbons (Fsp3) is 0.625. The molecule has 4 aliphatic heterocycles. The number of nitrogens with one attached hydrogen (secondary N) is 1. The minimum atomic E-state index is 0.0717. The lowest BCUT2D eigenvalue weighted by Crippen LogP contribution is -2.61. The van der Waals surface area contributed by atoms with Gasteiger partial charge in [0.1, 0.15) is 0 Å². The Morgan fingerprint density at radius 1 is 1.13 bits per heavy atom. The smallest absolute Gasteiger partial charge is 0.318 e. The van der Waals surface area contributed by atoms with E-state index in [2.05, 4.69) is 21.2 Å². The number of urea groups is 1. The highest BCUT2D eigenvalue weighted by molar-refractivity contribution is 5.75. The van der Waals surface area contributed by atoms with Gasteiger partial charge in [0.15, 0.2) is 11.5 Å². The first-order valence-corrected chi connectivity index (χ1v) is 11.6. The summed E-state index contributed by atoms with van der Waals surface area (Å²) in [6, 6.07) is 6.99. The Bertz CT molecular complexity index is 869. The topological polar surface area (TPSA) is 54.0 Å². The molecule has 1 aliphatic carbocycles. The van der Waals surface area contributed by atoms with Gasteiger partial charge >= 0.3 is 6.03 Å². The maximum Gasteiger partial charge on any atom is 0.318 e. The fourth-order valence-electron chi connectivity index (χ4n) is 6.53. The maximum atomic E-state index is 13.2. The van der Waals surface area contributed by atoms with Crippen molar-refractivity contribution in [2.45, 2.75) is 57.2 Å². The fourth-order valence-corrected chi connectivity index (χ4v) is 6.53. The molecule has 6 heteroatoms. The number of amides is 2. The van der Waals surface area contributed by atoms with E-state index in [1.54, 1.807) is 0 Å². The molecular formula is C24H31N3O3. The predicted molar refractivity (Wildman–Crippen MR) is 113 cm³/mol. The summed E-state index contributed by atoms with van der Waals surface area (Å²) in [5, 5.41) is 3.17. The maximum absolute atomic E-state index is 13.2. The van der Waals surface area contributed by atoms with Gasteiger partial charge in [-0.1, -0.05) is 24.1 Å². The standard InChI is InChI=1S/C24H31N3O3/c28-24(25-13-16-6-7-21-22(10-16)30-15-29-21)27-9-3-4-17-11-18-12-19(23(17)27)14-26-8-2-1-5-20(18)26/h6-7,10-11,18-20,23H,1-5,8-9,12-15H2,(H,25,28)/t18-,19-,20+,23-/m0/s1. The van der Waals surface area contributed by atoms with E-state index < -0.39 is 0 Å². The third-order valence-electron chi connectivity index (χ3n) is 7.80. The van der Waals surface area contributed by atoms with Crippen LogP contribution in [-0.4, -0.2) is 54.3 Å². The molecule has 1 aromatic rings. The van der Waals surface area contributed by atoms with Crippen LogP contribution in [-0.2, 0) is 6.54 Å². The van der Waals surface area contributed by atoms with Crippen molar-refractivity contribution in [1.82, 2.24) is 15.1 Å². The van der Waals surface area contributed by atoms with E-state index in [1.165, 1.54) is 37.8 Å². The number of ether oxygens (including phenoxy) is 2. The summed E-state index contributed by atoms with van der Waals surface area (Å²) < 4.78 is 10.8. The highest BCUT2D eigenvalue weighted by Gasteiger charge is 2.46. The molecule has 6 nitrogen and oxygen atoms in total. The molecule has 0 spiro atoms. The summed E-state index contributed by atoms with van der Waals surface area (Å²) in [6.07, 6.45) is 10.1. The number of benzene rings is 1. The predicted octanol–water partition coefficient (Wildman–Crippen LogP) is 3.52. The first-order chi connectivity index (χ1) is 14.8. The summed E-state index contributed by atoms with van der Waals surface area (Å²) in [5.41, 5.74) is 2.57. The molecule has 0 aromatic heterocycles. The molecule has 2 bridgehead atoms. The molecule has 1 aromatic carbocycles. The summed E-state index contributed by atoms with van der Waals surface area (Å²) in [7, 11) is 0. The molecule has 6 rings (SSSR count). The third-order valence-corrected chi connectivity index (χ3v) is 7.80. The summed E-state index contributed by atoms with van der Waals surface area (Å²) in [5.74, 6) is 2.83. The number of nitrogens with zero attached hydrogens (tertiary/aromatic N) is 2. The van der Waals surface area contributed by atoms with Gasteiger partial charge in [0.05, 0.1) is 6.04 Å². The molecule has 4 atom stereocenters. The van der Waals surface area contributed by atoms with E-state index in [4.69, 9.17) is 9.47 Å². The minimum Gasteiger partial charge on any atom is -0.454 e. The largest absolute Gasteiger partial charge is 0.454 e. The van der Waals surface area contributed by atoms with Crippen molar-refractivity contribution in [1.29, 1.82) is 0 Å². The van der Waals surface area contributed by atoms with Crippen molar-refractivity contribution >= 4 is 6.03 Å². The zero-order valence-electron chi connectivity index (χ0n) is 17.5. The van der Waals surface area contributed by atoms with Crippen LogP contribution in [0.3, 0.4) is 0 Å². The van der Waals surface area contributed by atoms with Gasteiger partial charge in [-0.2, -0.15) is 0 Å². The Morgan fingerprint density at radius 3 is 3.03 bits per heavy atom. The van der Waals surface area contributed by atoms with Crippen LogP contribution in [0.15, 0.2) is 29.8 Å². The summed E-state index contributed by atoms with van der Waals surface area (Å²) in [6.45, 7) is 4.05. The van der Waals surface area contributed by atoms with Crippen LogP contribution >= 0.6 is 0 Å². The van der Waals surface area contributed by atoms with Crippen molar-refractivity contribution in [3.05, 3.63) is 35.4 Å². The molecule has 2 amide bonds. The Morgan fingerprint density at radius 2 is 2.07 bits per heavy atom. The molecule has 3 fully saturated rings. The molecular weight excluding hydrogens is 378 g/mol. The van der Waals surface area contributed by atoms with Crippen molar-refractivity contribution in [2.24, 2.45) is 11.8 Å². The van der Waals surface area contributed by atoms with Gasteiger partial charge in [-0.15, -0.1) is 0 Å². The van der Waals surface area contributed by atoms with E-state index in [1.807, 2.05) is 18.2 Å². The number of likely N-dealkylation sites (tertiary alicyclic amines) is 1. The number of hydrogen-bond acceptors (Lipinski definition) is 4. The Kier molecular flexibility index (Phi) is 4.63. The second kappa shape index (κ2) is 7.49. The van der Waals surface area contributed by atoms with Crippen molar-refractivity contribution in [3.8, 4) is 11.5 Å². The molecule has 30 heavy (non-hydrogen) atoms. The highest BCUT2D eigenvalue weighted by atomic mass is 16.7. The Hall–Kier alpha value is -2.21. The first-order valence-electron chi connectivity index (χ1n) is 11.6. The summed E-state index contributed by atoms with van der Waals surface area (Å²) in [4.78, 5) is 18.1. The lowest BCUT2D eigenvalue weighted by atomic mass is 9.68. The van der Waals surface area contributed by atoms with Crippen LogP contribution in [0, 0.1) is 11.8 Å². The van der Waals surface area contributed by atoms with Gasteiger partial charge in [-0.25, -0.2) is 4.79 Å². The van der Waals surface area contributed by atoms with Crippen LogP contribution in [0.5, 0.6) is 11.5 Å². The van der Waals surface area contributed by atoms with Gasteiger partial charge in [-0.05, 0) is 68.2 Å². The van der Waals surface area contributed by atoms with E-state index in [9.17, 15) is 4.79 Å². The summed E-state index contributed by atoms with van der Waals surface area (Å²) >= 11 is 0. The van der Waals surface area contributed by atoms with E-state index in [-0.39, 0.29) is 18.9 Å². The molecule has 4 heterocycles. The van der Waals surface area contributed by atoms with E-state index in [0.717, 1.165) is 49.0 Å². The first kappa shape index (κ1) is 18.6. The average molecular weight is 410 g/mol. The number of carbonyl (C=O) groups is 1. The molecule has 3 saturated heterocycles. The average Bonchev–Trinajstić information content (AvgIpc) is 3.25. The third kappa shape index (κ3) is 3.16. The lowest BCUT2D eigenvalue weighted by Gasteiger charge is -2.54. The van der Waals surface area contributed by atoms with Crippen molar-refractivity contribution in [2.75, 3.05) is 26.4 Å². The van der Waals surface area contributed by atoms with Crippen molar-refractivity contribution in [3.63, 3.8) is 0 Å². The minimum absolute atomic E-state index is 0.0717. The van der Waals surface area contributed by atoms with Gasteiger partial charge in [-0.3, -0.25) is 4.90 Å².